The van der Waals surface area contributed by atoms with Crippen LogP contribution in [0, 0.1) is 6.92 Å². The van der Waals surface area contributed by atoms with Crippen molar-refractivity contribution in [2.24, 2.45) is 0 Å². The van der Waals surface area contributed by atoms with Crippen LogP contribution in [-0.2, 0) is 16.1 Å². The van der Waals surface area contributed by atoms with Gasteiger partial charge in [0.05, 0.1) is 0 Å². The van der Waals surface area contributed by atoms with Crippen molar-refractivity contribution in [3.63, 3.8) is 0 Å². The predicted octanol–water partition coefficient (Wildman–Crippen LogP) is 3.67. The summed E-state index contributed by atoms with van der Waals surface area (Å²) in [4.78, 5) is 23.7. The first-order valence-electron chi connectivity index (χ1n) is 6.55. The summed E-state index contributed by atoms with van der Waals surface area (Å²) in [5, 5.41) is 5.73. The molecular weight excluding hydrogens is 368 g/mol. The van der Waals surface area contributed by atoms with Gasteiger partial charge in [0.15, 0.2) is 0 Å². The summed E-state index contributed by atoms with van der Waals surface area (Å²) < 4.78 is 0.911. The van der Waals surface area contributed by atoms with Crippen LogP contribution in [0.3, 0.4) is 0 Å². The topological polar surface area (TPSA) is 58.2 Å². The van der Waals surface area contributed by atoms with E-state index in [1.165, 1.54) is 0 Å². The molecule has 2 N–H and O–H groups in total. The van der Waals surface area contributed by atoms with Gasteiger partial charge in [-0.25, -0.2) is 0 Å². The van der Waals surface area contributed by atoms with Gasteiger partial charge in [0, 0.05) is 21.7 Å². The number of aryl methyl sites for hydroxylation is 1. The molecular formula is C16H14BrClN2O2. The van der Waals surface area contributed by atoms with Crippen molar-refractivity contribution in [3.05, 3.63) is 63.1 Å². The van der Waals surface area contributed by atoms with Crippen molar-refractivity contribution >= 4 is 45.0 Å². The summed E-state index contributed by atoms with van der Waals surface area (Å²) in [7, 11) is 0. The minimum atomic E-state index is -0.701. The predicted molar refractivity (Wildman–Crippen MR) is 90.8 cm³/mol. The zero-order valence-electron chi connectivity index (χ0n) is 11.8. The third kappa shape index (κ3) is 4.58. The van der Waals surface area contributed by atoms with Gasteiger partial charge in [-0.05, 0) is 48.4 Å². The van der Waals surface area contributed by atoms with Crippen molar-refractivity contribution < 1.29 is 9.59 Å². The zero-order chi connectivity index (χ0) is 16.1. The number of halogens is 2. The van der Waals surface area contributed by atoms with Crippen molar-refractivity contribution in [2.75, 3.05) is 5.32 Å². The van der Waals surface area contributed by atoms with Gasteiger partial charge in [-0.3, -0.25) is 9.59 Å². The van der Waals surface area contributed by atoms with Crippen LogP contribution >= 0.6 is 27.5 Å². The SMILES string of the molecule is Cc1cc(Br)ccc1NC(=O)C(=O)NCc1cccc(Cl)c1. The molecule has 2 aromatic carbocycles. The number of amides is 2. The summed E-state index contributed by atoms with van der Waals surface area (Å²) in [6.07, 6.45) is 0. The number of carbonyl (C=O) groups is 2. The Hall–Kier alpha value is -1.85. The highest BCUT2D eigenvalue weighted by atomic mass is 79.9. The van der Waals surface area contributed by atoms with Crippen molar-refractivity contribution in [1.82, 2.24) is 5.32 Å². The van der Waals surface area contributed by atoms with E-state index in [1.54, 1.807) is 30.3 Å². The number of rotatable bonds is 3. The molecule has 0 fully saturated rings. The number of hydrogen-bond donors (Lipinski definition) is 2. The van der Waals surface area contributed by atoms with E-state index >= 15 is 0 Å². The lowest BCUT2D eigenvalue weighted by Gasteiger charge is -2.09. The average Bonchev–Trinajstić information content (AvgIpc) is 2.47. The third-order valence-electron chi connectivity index (χ3n) is 2.98. The highest BCUT2D eigenvalue weighted by Crippen LogP contribution is 2.19. The molecule has 0 heterocycles. The maximum atomic E-state index is 11.9. The van der Waals surface area contributed by atoms with E-state index in [0.717, 1.165) is 15.6 Å². The van der Waals surface area contributed by atoms with Gasteiger partial charge in [-0.1, -0.05) is 39.7 Å². The first-order chi connectivity index (χ1) is 10.5. The van der Waals surface area contributed by atoms with Crippen LogP contribution in [0.2, 0.25) is 5.02 Å². The van der Waals surface area contributed by atoms with Crippen LogP contribution in [-0.4, -0.2) is 11.8 Å². The summed E-state index contributed by atoms with van der Waals surface area (Å²) in [6, 6.07) is 12.5. The Morgan fingerprint density at radius 1 is 1.14 bits per heavy atom. The minimum absolute atomic E-state index is 0.242. The number of hydrogen-bond acceptors (Lipinski definition) is 2. The maximum absolute atomic E-state index is 11.9. The summed E-state index contributed by atoms with van der Waals surface area (Å²) in [5.74, 6) is -1.39. The number of nitrogens with one attached hydrogen (secondary N) is 2. The molecule has 0 atom stereocenters. The first kappa shape index (κ1) is 16.5. The van der Waals surface area contributed by atoms with E-state index in [0.29, 0.717) is 10.7 Å². The monoisotopic (exact) mass is 380 g/mol. The van der Waals surface area contributed by atoms with E-state index in [4.69, 9.17) is 11.6 Å². The molecule has 2 rings (SSSR count). The molecule has 0 saturated carbocycles. The minimum Gasteiger partial charge on any atom is -0.344 e. The fraction of sp³-hybridized carbons (Fsp3) is 0.125. The molecule has 0 aromatic heterocycles. The Balaban J connectivity index is 1.93. The summed E-state index contributed by atoms with van der Waals surface area (Å²) >= 11 is 9.21. The van der Waals surface area contributed by atoms with Gasteiger partial charge in [0.2, 0.25) is 0 Å². The molecule has 0 unspecified atom stereocenters. The van der Waals surface area contributed by atoms with Gasteiger partial charge in [-0.2, -0.15) is 0 Å². The molecule has 2 amide bonds. The summed E-state index contributed by atoms with van der Waals surface area (Å²) in [6.45, 7) is 2.09. The molecule has 0 aliphatic rings. The van der Waals surface area contributed by atoms with E-state index in [9.17, 15) is 9.59 Å². The Labute approximate surface area is 142 Å². The molecule has 0 aliphatic carbocycles. The van der Waals surface area contributed by atoms with Crippen LogP contribution < -0.4 is 10.6 Å². The van der Waals surface area contributed by atoms with E-state index in [2.05, 4.69) is 26.6 Å². The number of benzene rings is 2. The van der Waals surface area contributed by atoms with Crippen LogP contribution in [0.25, 0.3) is 0 Å². The normalized spacial score (nSPS) is 10.1. The fourth-order valence-corrected chi connectivity index (χ4v) is 2.54. The summed E-state index contributed by atoms with van der Waals surface area (Å²) in [5.41, 5.74) is 2.30. The van der Waals surface area contributed by atoms with E-state index in [1.807, 2.05) is 19.1 Å². The van der Waals surface area contributed by atoms with Crippen LogP contribution in [0.5, 0.6) is 0 Å². The molecule has 4 nitrogen and oxygen atoms in total. The zero-order valence-corrected chi connectivity index (χ0v) is 14.2. The number of anilines is 1. The van der Waals surface area contributed by atoms with Gasteiger partial charge >= 0.3 is 11.8 Å². The second kappa shape index (κ2) is 7.42. The van der Waals surface area contributed by atoms with E-state index < -0.39 is 11.8 Å². The van der Waals surface area contributed by atoms with Gasteiger partial charge in [0.25, 0.3) is 0 Å². The third-order valence-corrected chi connectivity index (χ3v) is 3.71. The first-order valence-corrected chi connectivity index (χ1v) is 7.72. The Morgan fingerprint density at radius 3 is 2.59 bits per heavy atom. The van der Waals surface area contributed by atoms with Gasteiger partial charge in [0.1, 0.15) is 0 Å². The smallest absolute Gasteiger partial charge is 0.313 e. The van der Waals surface area contributed by atoms with Crippen LogP contribution in [0.1, 0.15) is 11.1 Å². The lowest BCUT2D eigenvalue weighted by Crippen LogP contribution is -2.35. The van der Waals surface area contributed by atoms with Crippen molar-refractivity contribution in [3.8, 4) is 0 Å². The Bertz CT molecular complexity index is 719. The Kier molecular flexibility index (Phi) is 5.57. The van der Waals surface area contributed by atoms with Crippen molar-refractivity contribution in [2.45, 2.75) is 13.5 Å². The average molecular weight is 382 g/mol. The quantitative estimate of drug-likeness (QED) is 0.797. The molecule has 2 aromatic rings. The lowest BCUT2D eigenvalue weighted by molar-refractivity contribution is -0.136. The second-order valence-electron chi connectivity index (χ2n) is 4.73. The molecule has 6 heteroatoms. The highest BCUT2D eigenvalue weighted by Gasteiger charge is 2.14. The second-order valence-corrected chi connectivity index (χ2v) is 6.08. The van der Waals surface area contributed by atoms with Gasteiger partial charge < -0.3 is 10.6 Å². The standard InChI is InChI=1S/C16H14BrClN2O2/c1-10-7-12(17)5-6-14(10)20-16(22)15(21)19-9-11-3-2-4-13(18)8-11/h2-8H,9H2,1H3,(H,19,21)(H,20,22). The van der Waals surface area contributed by atoms with Crippen molar-refractivity contribution in [1.29, 1.82) is 0 Å². The molecule has 0 aliphatic heterocycles. The largest absolute Gasteiger partial charge is 0.344 e. The van der Waals surface area contributed by atoms with Crippen LogP contribution in [0.15, 0.2) is 46.9 Å². The molecule has 0 bridgehead atoms. The fourth-order valence-electron chi connectivity index (χ4n) is 1.86. The molecule has 0 saturated heterocycles. The maximum Gasteiger partial charge on any atom is 0.313 e. The van der Waals surface area contributed by atoms with Gasteiger partial charge in [-0.15, -0.1) is 0 Å². The van der Waals surface area contributed by atoms with Crippen LogP contribution in [0.4, 0.5) is 5.69 Å². The highest BCUT2D eigenvalue weighted by molar-refractivity contribution is 9.10. The molecule has 114 valence electrons. The molecule has 0 spiro atoms. The lowest BCUT2D eigenvalue weighted by atomic mass is 10.2. The van der Waals surface area contributed by atoms with E-state index in [-0.39, 0.29) is 6.54 Å². The Morgan fingerprint density at radius 2 is 1.91 bits per heavy atom. The number of carbonyl (C=O) groups excluding carboxylic acids is 2. The molecule has 0 radical (unpaired) electrons. The molecule has 22 heavy (non-hydrogen) atoms.